The summed E-state index contributed by atoms with van der Waals surface area (Å²) >= 11 is 1.50. The highest BCUT2D eigenvalue weighted by atomic mass is 32.1. The fourth-order valence-electron chi connectivity index (χ4n) is 3.47. The fraction of sp³-hybridized carbons (Fsp3) is 0.231. The number of nitrogens with zero attached hydrogens (tertiary/aromatic N) is 2. The first-order valence-electron chi connectivity index (χ1n) is 10.5. The van der Waals surface area contributed by atoms with Crippen LogP contribution in [0.5, 0.6) is 11.5 Å². The molecule has 0 aliphatic rings. The molecule has 1 amide bonds. The van der Waals surface area contributed by atoms with Gasteiger partial charge < -0.3 is 9.47 Å². The summed E-state index contributed by atoms with van der Waals surface area (Å²) in [5.74, 6) is 1.34. The highest BCUT2D eigenvalue weighted by Gasteiger charge is 2.23. The van der Waals surface area contributed by atoms with E-state index in [1.54, 1.807) is 24.1 Å². The predicted octanol–water partition coefficient (Wildman–Crippen LogP) is 6.25. The number of ether oxygens (including phenoxy) is 2. The number of thiazole rings is 1. The standard InChI is InChI=1S/C26H26N2O3S/c1-17(2)31-21-13-11-20(12-14-21)25(29)28(16-19-8-6-5-7-9-19)26-27-23-22(30-4)15-10-18(3)24(23)32-26/h5-15,17H,16H2,1-4H3. The lowest BCUT2D eigenvalue weighted by molar-refractivity contribution is 0.0985. The second kappa shape index (κ2) is 9.40. The Morgan fingerprint density at radius 3 is 2.41 bits per heavy atom. The first kappa shape index (κ1) is 21.8. The summed E-state index contributed by atoms with van der Waals surface area (Å²) in [4.78, 5) is 20.2. The van der Waals surface area contributed by atoms with Crippen LogP contribution in [0.4, 0.5) is 5.13 Å². The molecule has 0 N–H and O–H groups in total. The van der Waals surface area contributed by atoms with Crippen LogP contribution in [-0.4, -0.2) is 24.1 Å². The summed E-state index contributed by atoms with van der Waals surface area (Å²) in [7, 11) is 1.64. The predicted molar refractivity (Wildman–Crippen MR) is 130 cm³/mol. The molecule has 164 valence electrons. The number of hydrogen-bond acceptors (Lipinski definition) is 5. The second-order valence-corrected chi connectivity index (χ2v) is 8.80. The van der Waals surface area contributed by atoms with Crippen LogP contribution in [0.2, 0.25) is 0 Å². The molecule has 0 spiro atoms. The topological polar surface area (TPSA) is 51.7 Å². The van der Waals surface area contributed by atoms with Gasteiger partial charge in [0.1, 0.15) is 17.0 Å². The average Bonchev–Trinajstić information content (AvgIpc) is 3.24. The van der Waals surface area contributed by atoms with Crippen LogP contribution in [0.3, 0.4) is 0 Å². The van der Waals surface area contributed by atoms with E-state index in [1.165, 1.54) is 11.3 Å². The Morgan fingerprint density at radius 1 is 1.03 bits per heavy atom. The van der Waals surface area contributed by atoms with Crippen molar-refractivity contribution >= 4 is 32.6 Å². The maximum atomic E-state index is 13.6. The molecule has 0 unspecified atom stereocenters. The molecule has 0 aliphatic heterocycles. The lowest BCUT2D eigenvalue weighted by Crippen LogP contribution is -2.30. The molecule has 32 heavy (non-hydrogen) atoms. The minimum Gasteiger partial charge on any atom is -0.494 e. The van der Waals surface area contributed by atoms with E-state index in [0.29, 0.717) is 23.0 Å². The van der Waals surface area contributed by atoms with Crippen LogP contribution in [0, 0.1) is 6.92 Å². The molecule has 6 heteroatoms. The van der Waals surface area contributed by atoms with Crippen LogP contribution >= 0.6 is 11.3 Å². The largest absolute Gasteiger partial charge is 0.494 e. The number of anilines is 1. The maximum absolute atomic E-state index is 13.6. The Labute approximate surface area is 192 Å². The molecular weight excluding hydrogens is 420 g/mol. The molecular formula is C26H26N2O3S. The molecule has 0 atom stereocenters. The zero-order valence-corrected chi connectivity index (χ0v) is 19.5. The Bertz CT molecular complexity index is 1220. The van der Waals surface area contributed by atoms with Crippen molar-refractivity contribution in [3.05, 3.63) is 83.4 Å². The van der Waals surface area contributed by atoms with Crippen molar-refractivity contribution in [1.29, 1.82) is 0 Å². The SMILES string of the molecule is COc1ccc(C)c2sc(N(Cc3ccccc3)C(=O)c3ccc(OC(C)C)cc3)nc12. The third kappa shape index (κ3) is 4.60. The van der Waals surface area contributed by atoms with Crippen molar-refractivity contribution in [3.8, 4) is 11.5 Å². The Kier molecular flexibility index (Phi) is 6.42. The molecule has 4 rings (SSSR count). The summed E-state index contributed by atoms with van der Waals surface area (Å²) in [6.07, 6.45) is 0.0760. The lowest BCUT2D eigenvalue weighted by Gasteiger charge is -2.20. The molecule has 0 aliphatic carbocycles. The van der Waals surface area contributed by atoms with Gasteiger partial charge in [-0.05, 0) is 62.2 Å². The van der Waals surface area contributed by atoms with Crippen molar-refractivity contribution in [2.75, 3.05) is 12.0 Å². The van der Waals surface area contributed by atoms with Gasteiger partial charge in [0.15, 0.2) is 5.13 Å². The Morgan fingerprint density at radius 2 is 1.75 bits per heavy atom. The molecule has 1 aromatic heterocycles. The lowest BCUT2D eigenvalue weighted by atomic mass is 10.1. The number of carbonyl (C=O) groups is 1. The van der Waals surface area contributed by atoms with Gasteiger partial charge in [0.05, 0.1) is 24.5 Å². The number of hydrogen-bond donors (Lipinski definition) is 0. The van der Waals surface area contributed by atoms with Crippen LogP contribution in [0.25, 0.3) is 10.2 Å². The third-order valence-electron chi connectivity index (χ3n) is 5.04. The van der Waals surface area contributed by atoms with E-state index in [4.69, 9.17) is 14.5 Å². The molecule has 0 radical (unpaired) electrons. The summed E-state index contributed by atoms with van der Waals surface area (Å²) < 4.78 is 12.2. The second-order valence-electron chi connectivity index (χ2n) is 7.83. The van der Waals surface area contributed by atoms with Crippen molar-refractivity contribution in [2.24, 2.45) is 0 Å². The van der Waals surface area contributed by atoms with Crippen molar-refractivity contribution in [2.45, 2.75) is 33.4 Å². The van der Waals surface area contributed by atoms with Crippen molar-refractivity contribution in [3.63, 3.8) is 0 Å². The third-order valence-corrected chi connectivity index (χ3v) is 6.26. The number of methoxy groups -OCH3 is 1. The van der Waals surface area contributed by atoms with E-state index in [0.717, 1.165) is 27.1 Å². The van der Waals surface area contributed by atoms with Crippen LogP contribution < -0.4 is 14.4 Å². The molecule has 1 heterocycles. The van der Waals surface area contributed by atoms with Gasteiger partial charge in [-0.3, -0.25) is 9.69 Å². The highest BCUT2D eigenvalue weighted by molar-refractivity contribution is 7.22. The first-order valence-corrected chi connectivity index (χ1v) is 11.3. The summed E-state index contributed by atoms with van der Waals surface area (Å²) in [5, 5.41) is 0.643. The highest BCUT2D eigenvalue weighted by Crippen LogP contribution is 2.37. The molecule has 0 fully saturated rings. The zero-order valence-electron chi connectivity index (χ0n) is 18.7. The van der Waals surface area contributed by atoms with Gasteiger partial charge in [0.25, 0.3) is 5.91 Å². The van der Waals surface area contributed by atoms with Gasteiger partial charge in [0.2, 0.25) is 0 Å². The molecule has 3 aromatic carbocycles. The summed E-state index contributed by atoms with van der Waals surface area (Å²) in [5.41, 5.74) is 3.49. The van der Waals surface area contributed by atoms with Gasteiger partial charge in [-0.1, -0.05) is 47.7 Å². The first-order chi connectivity index (χ1) is 15.5. The van der Waals surface area contributed by atoms with Crippen LogP contribution in [-0.2, 0) is 6.54 Å². The van der Waals surface area contributed by atoms with Crippen LogP contribution in [0.1, 0.15) is 35.3 Å². The van der Waals surface area contributed by atoms with Gasteiger partial charge >= 0.3 is 0 Å². The smallest absolute Gasteiger partial charge is 0.260 e. The number of aryl methyl sites for hydroxylation is 1. The van der Waals surface area contributed by atoms with E-state index in [2.05, 4.69) is 0 Å². The van der Waals surface area contributed by atoms with Crippen molar-refractivity contribution in [1.82, 2.24) is 4.98 Å². The minimum absolute atomic E-state index is 0.0760. The van der Waals surface area contributed by atoms with E-state index in [1.807, 2.05) is 75.4 Å². The van der Waals surface area contributed by atoms with E-state index >= 15 is 0 Å². The summed E-state index contributed by atoms with van der Waals surface area (Å²) in [6, 6.07) is 21.1. The number of amides is 1. The number of aromatic nitrogens is 1. The Hall–Kier alpha value is -3.38. The van der Waals surface area contributed by atoms with Gasteiger partial charge in [-0.15, -0.1) is 0 Å². The van der Waals surface area contributed by atoms with E-state index < -0.39 is 0 Å². The van der Waals surface area contributed by atoms with Gasteiger partial charge in [-0.2, -0.15) is 0 Å². The number of fused-ring (bicyclic) bond motifs is 1. The number of benzene rings is 3. The minimum atomic E-state index is -0.111. The molecule has 4 aromatic rings. The Balaban J connectivity index is 1.74. The average molecular weight is 447 g/mol. The summed E-state index contributed by atoms with van der Waals surface area (Å²) in [6.45, 7) is 6.42. The van der Waals surface area contributed by atoms with E-state index in [-0.39, 0.29) is 12.0 Å². The number of rotatable bonds is 7. The van der Waals surface area contributed by atoms with Gasteiger partial charge in [0, 0.05) is 5.56 Å². The normalized spacial score (nSPS) is 11.0. The van der Waals surface area contributed by atoms with Gasteiger partial charge in [-0.25, -0.2) is 4.98 Å². The van der Waals surface area contributed by atoms with E-state index in [9.17, 15) is 4.79 Å². The van der Waals surface area contributed by atoms with Crippen LogP contribution in [0.15, 0.2) is 66.7 Å². The molecule has 0 saturated carbocycles. The maximum Gasteiger partial charge on any atom is 0.260 e. The van der Waals surface area contributed by atoms with Crippen molar-refractivity contribution < 1.29 is 14.3 Å². The molecule has 0 saturated heterocycles. The number of carbonyl (C=O) groups excluding carboxylic acids is 1. The fourth-order valence-corrected chi connectivity index (χ4v) is 4.52. The molecule has 0 bridgehead atoms. The quantitative estimate of drug-likeness (QED) is 0.337. The zero-order chi connectivity index (χ0) is 22.7. The molecule has 5 nitrogen and oxygen atoms in total. The monoisotopic (exact) mass is 446 g/mol.